The molecule has 1 aliphatic carbocycles. The molecular weight excluding hydrogens is 76.1 g/mol. The highest BCUT2D eigenvalue weighted by molar-refractivity contribution is 5.39. The maximum atomic E-state index is 8.38. The van der Waals surface area contributed by atoms with Crippen molar-refractivity contribution >= 4 is 0 Å². The zero-order chi connectivity index (χ0) is 4.41. The van der Waals surface area contributed by atoms with Gasteiger partial charge in [0.15, 0.2) is 6.10 Å². The Morgan fingerprint density at radius 3 is 1.83 bits per heavy atom. The second kappa shape index (κ2) is 1.05. The zero-order valence-electron chi connectivity index (χ0n) is 3.02. The third kappa shape index (κ3) is 0.360. The lowest BCUT2D eigenvalue weighted by Gasteiger charge is -1.77. The van der Waals surface area contributed by atoms with Gasteiger partial charge in [-0.1, -0.05) is 0 Å². The molecule has 1 rings (SSSR count). The van der Waals surface area contributed by atoms with Crippen molar-refractivity contribution in [2.45, 2.75) is 6.10 Å². The van der Waals surface area contributed by atoms with Crippen LogP contribution >= 0.6 is 0 Å². The van der Waals surface area contributed by atoms with E-state index in [-0.39, 0.29) is 0 Å². The molecule has 0 fully saturated rings. The van der Waals surface area contributed by atoms with E-state index < -0.39 is 6.10 Å². The Labute approximate surface area is 36.0 Å². The Morgan fingerprint density at radius 2 is 1.67 bits per heavy atom. The van der Waals surface area contributed by atoms with E-state index in [2.05, 4.69) is 23.7 Å². The third-order valence-electron chi connectivity index (χ3n) is 0.480. The van der Waals surface area contributed by atoms with Crippen LogP contribution < -0.4 is 0 Å². The quantitative estimate of drug-likeness (QED) is 0.382. The van der Waals surface area contributed by atoms with Crippen LogP contribution in [0.25, 0.3) is 0 Å². The van der Waals surface area contributed by atoms with Gasteiger partial charge in [0.1, 0.15) is 0 Å². The molecule has 0 atom stereocenters. The predicted molar refractivity (Wildman–Crippen MR) is 21.6 cm³/mol. The summed E-state index contributed by atoms with van der Waals surface area (Å²) in [6, 6.07) is 0. The molecule has 0 radical (unpaired) electrons. The molecule has 0 amide bonds. The van der Waals surface area contributed by atoms with E-state index in [1.807, 2.05) is 0 Å². The van der Waals surface area contributed by atoms with Crippen LogP contribution in [-0.2, 0) is 0 Å². The maximum Gasteiger partial charge on any atom is 0.178 e. The third-order valence-corrected chi connectivity index (χ3v) is 0.480. The monoisotopic (exact) mass is 78.0 g/mol. The smallest absolute Gasteiger partial charge is 0.178 e. The molecule has 0 bridgehead atoms. The van der Waals surface area contributed by atoms with Crippen LogP contribution in [-0.4, -0.2) is 11.2 Å². The Hall–Kier alpha value is -0.920. The minimum Gasteiger partial charge on any atom is -0.369 e. The number of aliphatic hydroxyl groups excluding tert-OH is 1. The molecule has 0 heterocycles. The van der Waals surface area contributed by atoms with Crippen molar-refractivity contribution in [2.24, 2.45) is 0 Å². The van der Waals surface area contributed by atoms with Gasteiger partial charge in [0.2, 0.25) is 0 Å². The number of hydrogen-bond acceptors (Lipinski definition) is 1. The number of hydrogen-bond donors (Lipinski definition) is 1. The van der Waals surface area contributed by atoms with Crippen LogP contribution in [0.1, 0.15) is 0 Å². The lowest BCUT2D eigenvalue weighted by Crippen LogP contribution is -1.92. The van der Waals surface area contributed by atoms with Gasteiger partial charge in [-0.15, -0.1) is 0 Å². The summed E-state index contributed by atoms with van der Waals surface area (Å²) in [5.74, 6) is 9.63. The van der Waals surface area contributed by atoms with E-state index in [4.69, 9.17) is 5.11 Å². The van der Waals surface area contributed by atoms with E-state index in [0.717, 1.165) is 0 Å². The fourth-order valence-electron chi connectivity index (χ4n) is 0.245. The summed E-state index contributed by atoms with van der Waals surface area (Å²) in [5.41, 5.74) is 0. The van der Waals surface area contributed by atoms with Crippen molar-refractivity contribution < 1.29 is 5.11 Å². The molecule has 1 N–H and O–H groups in total. The second-order valence-corrected chi connectivity index (χ2v) is 0.941. The molecule has 0 saturated heterocycles. The fourth-order valence-corrected chi connectivity index (χ4v) is 0.245. The summed E-state index contributed by atoms with van der Waals surface area (Å²) < 4.78 is 0. The first-order valence-corrected chi connectivity index (χ1v) is 1.59. The van der Waals surface area contributed by atoms with Crippen molar-refractivity contribution in [1.82, 2.24) is 0 Å². The summed E-state index contributed by atoms with van der Waals surface area (Å²) in [6.07, 6.45) is -0.676. The SMILES string of the molecule is OC1C#CC#C1. The first kappa shape index (κ1) is 3.28. The van der Waals surface area contributed by atoms with Crippen LogP contribution in [0.2, 0.25) is 0 Å². The summed E-state index contributed by atoms with van der Waals surface area (Å²) in [6.45, 7) is 0. The highest BCUT2D eigenvalue weighted by Gasteiger charge is 1.90. The average molecular weight is 78.1 g/mol. The Morgan fingerprint density at radius 1 is 1.17 bits per heavy atom. The standard InChI is InChI=1S/C5H2O/c6-5-3-1-2-4-5/h5-6H. The summed E-state index contributed by atoms with van der Waals surface area (Å²) >= 11 is 0. The molecule has 0 aromatic carbocycles. The van der Waals surface area contributed by atoms with E-state index >= 15 is 0 Å². The van der Waals surface area contributed by atoms with Gasteiger partial charge in [0.25, 0.3) is 0 Å². The molecule has 0 saturated carbocycles. The topological polar surface area (TPSA) is 20.2 Å². The molecular formula is C5H2O. The van der Waals surface area contributed by atoms with Gasteiger partial charge < -0.3 is 5.11 Å². The lowest BCUT2D eigenvalue weighted by atomic mass is 10.4. The summed E-state index contributed by atoms with van der Waals surface area (Å²) in [7, 11) is 0. The lowest BCUT2D eigenvalue weighted by molar-refractivity contribution is 0.291. The van der Waals surface area contributed by atoms with Gasteiger partial charge >= 0.3 is 0 Å². The van der Waals surface area contributed by atoms with Gasteiger partial charge in [-0.25, -0.2) is 0 Å². The summed E-state index contributed by atoms with van der Waals surface area (Å²) in [5, 5.41) is 8.38. The van der Waals surface area contributed by atoms with E-state index in [9.17, 15) is 0 Å². The first-order chi connectivity index (χ1) is 2.89. The van der Waals surface area contributed by atoms with Crippen LogP contribution in [0.4, 0.5) is 0 Å². The van der Waals surface area contributed by atoms with Crippen LogP contribution in [0.15, 0.2) is 0 Å². The second-order valence-electron chi connectivity index (χ2n) is 0.941. The van der Waals surface area contributed by atoms with Crippen molar-refractivity contribution in [2.75, 3.05) is 0 Å². The molecule has 0 spiro atoms. The Kier molecular flexibility index (Phi) is 0.572. The molecule has 0 aromatic rings. The van der Waals surface area contributed by atoms with Crippen molar-refractivity contribution in [3.63, 3.8) is 0 Å². The Bertz CT molecular complexity index is 140. The normalized spacial score (nSPS) is 14.8. The van der Waals surface area contributed by atoms with Crippen molar-refractivity contribution in [1.29, 1.82) is 0 Å². The van der Waals surface area contributed by atoms with Crippen LogP contribution in [0.3, 0.4) is 0 Å². The minimum absolute atomic E-state index is 0.676. The highest BCUT2D eigenvalue weighted by atomic mass is 16.3. The maximum absolute atomic E-state index is 8.38. The number of aliphatic hydroxyl groups is 1. The van der Waals surface area contributed by atoms with E-state index in [1.54, 1.807) is 0 Å². The van der Waals surface area contributed by atoms with Gasteiger partial charge in [-0.05, 0) is 23.7 Å². The van der Waals surface area contributed by atoms with Crippen LogP contribution in [0, 0.1) is 23.7 Å². The molecule has 1 nitrogen and oxygen atoms in total. The van der Waals surface area contributed by atoms with Crippen LogP contribution in [0.5, 0.6) is 0 Å². The van der Waals surface area contributed by atoms with Crippen molar-refractivity contribution in [3.05, 3.63) is 0 Å². The Balaban J connectivity index is 2.83. The average Bonchev–Trinajstić information content (AvgIpc) is 1.86. The van der Waals surface area contributed by atoms with Gasteiger partial charge in [0, 0.05) is 0 Å². The molecule has 1 heteroatoms. The molecule has 1 aliphatic rings. The van der Waals surface area contributed by atoms with Gasteiger partial charge in [-0.2, -0.15) is 0 Å². The largest absolute Gasteiger partial charge is 0.369 e. The number of rotatable bonds is 0. The molecule has 6 heavy (non-hydrogen) atoms. The van der Waals surface area contributed by atoms with E-state index in [1.165, 1.54) is 0 Å². The minimum atomic E-state index is -0.676. The fraction of sp³-hybridized carbons (Fsp3) is 0.200. The molecule has 0 unspecified atom stereocenters. The summed E-state index contributed by atoms with van der Waals surface area (Å²) in [4.78, 5) is 0. The highest BCUT2D eigenvalue weighted by Crippen LogP contribution is 1.78. The van der Waals surface area contributed by atoms with Gasteiger partial charge in [0.05, 0.1) is 0 Å². The molecule has 0 aliphatic heterocycles. The van der Waals surface area contributed by atoms with Gasteiger partial charge in [-0.3, -0.25) is 0 Å². The zero-order valence-corrected chi connectivity index (χ0v) is 3.02. The first-order valence-electron chi connectivity index (χ1n) is 1.59. The molecule has 0 aromatic heterocycles. The van der Waals surface area contributed by atoms with Crippen molar-refractivity contribution in [3.8, 4) is 23.7 Å². The predicted octanol–water partition coefficient (Wildman–Crippen LogP) is -0.632. The van der Waals surface area contributed by atoms with E-state index in [0.29, 0.717) is 0 Å². The molecule has 28 valence electrons.